The van der Waals surface area contributed by atoms with Crippen LogP contribution in [0.15, 0.2) is 42.5 Å². The van der Waals surface area contributed by atoms with Gasteiger partial charge in [-0.15, -0.1) is 0 Å². The number of rotatable bonds is 5. The van der Waals surface area contributed by atoms with Crippen molar-refractivity contribution in [1.29, 1.82) is 0 Å². The van der Waals surface area contributed by atoms with Gasteiger partial charge in [-0.3, -0.25) is 9.59 Å². The zero-order chi connectivity index (χ0) is 19.7. The molecule has 28 heavy (non-hydrogen) atoms. The number of nitrogens with zero attached hydrogens (tertiary/aromatic N) is 1. The number of hydrogen-bond donors (Lipinski definition) is 1. The van der Waals surface area contributed by atoms with Gasteiger partial charge in [0.15, 0.2) is 0 Å². The highest BCUT2D eigenvalue weighted by Gasteiger charge is 2.35. The number of ether oxygens (including phenoxy) is 1. The molecule has 2 amide bonds. The molecule has 0 aromatic heterocycles. The van der Waals surface area contributed by atoms with E-state index in [-0.39, 0.29) is 30.3 Å². The van der Waals surface area contributed by atoms with Crippen LogP contribution in [0.5, 0.6) is 5.75 Å². The minimum absolute atomic E-state index is 0.0216. The van der Waals surface area contributed by atoms with Gasteiger partial charge in [-0.05, 0) is 80.6 Å². The topological polar surface area (TPSA) is 58.6 Å². The maximum Gasteiger partial charge on any atom is 0.229 e. The van der Waals surface area contributed by atoms with Crippen LogP contribution in [-0.2, 0) is 22.4 Å². The molecule has 2 aromatic rings. The van der Waals surface area contributed by atoms with Gasteiger partial charge in [0.05, 0.1) is 12.0 Å². The Morgan fingerprint density at radius 2 is 1.86 bits per heavy atom. The smallest absolute Gasteiger partial charge is 0.229 e. The van der Waals surface area contributed by atoms with Crippen LogP contribution >= 0.6 is 0 Å². The normalized spacial score (nSPS) is 18.5. The summed E-state index contributed by atoms with van der Waals surface area (Å²) in [5, 5.41) is 3.00. The van der Waals surface area contributed by atoms with Crippen LogP contribution in [0.4, 0.5) is 11.4 Å². The first-order valence-electron chi connectivity index (χ1n) is 9.99. The zero-order valence-corrected chi connectivity index (χ0v) is 16.4. The standard InChI is InChI=1S/C23H26N2O3/c1-15(2)28-21-10-8-20(9-11-21)25-14-18(13-22(25)26)23(27)24-19-7-6-16-4-3-5-17(16)12-19/h6-12,15,18H,3-5,13-14H2,1-2H3,(H,24,27)/t18-/m0/s1. The van der Waals surface area contributed by atoms with E-state index in [9.17, 15) is 9.59 Å². The summed E-state index contributed by atoms with van der Waals surface area (Å²) < 4.78 is 5.65. The van der Waals surface area contributed by atoms with Crippen molar-refractivity contribution in [3.63, 3.8) is 0 Å². The van der Waals surface area contributed by atoms with E-state index in [1.165, 1.54) is 17.5 Å². The van der Waals surface area contributed by atoms with Gasteiger partial charge in [-0.1, -0.05) is 6.07 Å². The summed E-state index contributed by atoms with van der Waals surface area (Å²) in [6.45, 7) is 4.35. The predicted octanol–water partition coefficient (Wildman–Crippen LogP) is 3.95. The number of carbonyl (C=O) groups excluding carboxylic acids is 2. The van der Waals surface area contributed by atoms with E-state index < -0.39 is 0 Å². The Hall–Kier alpha value is -2.82. The van der Waals surface area contributed by atoms with Crippen LogP contribution in [-0.4, -0.2) is 24.5 Å². The maximum atomic E-state index is 12.7. The van der Waals surface area contributed by atoms with Crippen molar-refractivity contribution < 1.29 is 14.3 Å². The van der Waals surface area contributed by atoms with Crippen molar-refractivity contribution >= 4 is 23.2 Å². The summed E-state index contributed by atoms with van der Waals surface area (Å²) in [7, 11) is 0. The van der Waals surface area contributed by atoms with Gasteiger partial charge in [0.25, 0.3) is 0 Å². The molecule has 5 nitrogen and oxygen atoms in total. The van der Waals surface area contributed by atoms with Gasteiger partial charge in [0.2, 0.25) is 11.8 Å². The molecule has 2 aliphatic rings. The third-order valence-corrected chi connectivity index (χ3v) is 5.38. The van der Waals surface area contributed by atoms with Gasteiger partial charge < -0.3 is 15.0 Å². The first kappa shape index (κ1) is 18.5. The third-order valence-electron chi connectivity index (χ3n) is 5.38. The Kier molecular flexibility index (Phi) is 5.07. The monoisotopic (exact) mass is 378 g/mol. The maximum absolute atomic E-state index is 12.7. The molecule has 1 aliphatic heterocycles. The third kappa shape index (κ3) is 3.88. The average Bonchev–Trinajstić information content (AvgIpc) is 3.28. The van der Waals surface area contributed by atoms with Gasteiger partial charge >= 0.3 is 0 Å². The molecule has 1 fully saturated rings. The molecule has 2 aromatic carbocycles. The summed E-state index contributed by atoms with van der Waals surface area (Å²) in [5.74, 6) is 0.323. The number of aryl methyl sites for hydroxylation is 2. The van der Waals surface area contributed by atoms with Gasteiger partial charge in [0.1, 0.15) is 5.75 Å². The zero-order valence-electron chi connectivity index (χ0n) is 16.4. The van der Waals surface area contributed by atoms with E-state index in [2.05, 4.69) is 17.4 Å². The first-order valence-corrected chi connectivity index (χ1v) is 9.99. The number of nitrogens with one attached hydrogen (secondary N) is 1. The summed E-state index contributed by atoms with van der Waals surface area (Å²) in [5.41, 5.74) is 4.33. The van der Waals surface area contributed by atoms with Crippen molar-refractivity contribution in [1.82, 2.24) is 0 Å². The molecular weight excluding hydrogens is 352 g/mol. The van der Waals surface area contributed by atoms with E-state index >= 15 is 0 Å². The van der Waals surface area contributed by atoms with Crippen molar-refractivity contribution in [3.8, 4) is 5.75 Å². The van der Waals surface area contributed by atoms with Crippen LogP contribution < -0.4 is 15.0 Å². The van der Waals surface area contributed by atoms with E-state index in [1.54, 1.807) is 4.90 Å². The van der Waals surface area contributed by atoms with E-state index in [0.29, 0.717) is 6.54 Å². The minimum atomic E-state index is -0.340. The van der Waals surface area contributed by atoms with Gasteiger partial charge in [-0.2, -0.15) is 0 Å². The lowest BCUT2D eigenvalue weighted by Crippen LogP contribution is -2.28. The Labute approximate surface area is 165 Å². The minimum Gasteiger partial charge on any atom is -0.491 e. The molecule has 1 heterocycles. The molecule has 0 saturated carbocycles. The number of carbonyl (C=O) groups is 2. The molecule has 1 saturated heterocycles. The summed E-state index contributed by atoms with van der Waals surface area (Å²) in [6, 6.07) is 13.6. The van der Waals surface area contributed by atoms with Crippen molar-refractivity contribution in [3.05, 3.63) is 53.6 Å². The average molecular weight is 378 g/mol. The fraction of sp³-hybridized carbons (Fsp3) is 0.391. The van der Waals surface area contributed by atoms with Crippen molar-refractivity contribution in [2.24, 2.45) is 5.92 Å². The van der Waals surface area contributed by atoms with Crippen LogP contribution in [0.3, 0.4) is 0 Å². The largest absolute Gasteiger partial charge is 0.491 e. The molecule has 4 rings (SSSR count). The molecule has 0 bridgehead atoms. The fourth-order valence-electron chi connectivity index (χ4n) is 4.00. The predicted molar refractivity (Wildman–Crippen MR) is 110 cm³/mol. The fourth-order valence-corrected chi connectivity index (χ4v) is 4.00. The Bertz CT molecular complexity index is 889. The second kappa shape index (κ2) is 7.66. The Balaban J connectivity index is 1.40. The Morgan fingerprint density at radius 1 is 1.11 bits per heavy atom. The van der Waals surface area contributed by atoms with E-state index in [1.807, 2.05) is 44.2 Å². The van der Waals surface area contributed by atoms with Crippen LogP contribution in [0.25, 0.3) is 0 Å². The highest BCUT2D eigenvalue weighted by molar-refractivity contribution is 6.03. The molecule has 1 N–H and O–H groups in total. The molecule has 0 unspecified atom stereocenters. The molecule has 146 valence electrons. The highest BCUT2D eigenvalue weighted by Crippen LogP contribution is 2.29. The molecule has 1 atom stereocenters. The SMILES string of the molecule is CC(C)Oc1ccc(N2C[C@@H](C(=O)Nc3ccc4c(c3)CCC4)CC2=O)cc1. The number of hydrogen-bond acceptors (Lipinski definition) is 3. The lowest BCUT2D eigenvalue weighted by Gasteiger charge is -2.18. The van der Waals surface area contributed by atoms with Gasteiger partial charge in [0, 0.05) is 24.3 Å². The van der Waals surface area contributed by atoms with Crippen LogP contribution in [0.2, 0.25) is 0 Å². The molecule has 1 aliphatic carbocycles. The number of benzene rings is 2. The van der Waals surface area contributed by atoms with Gasteiger partial charge in [-0.25, -0.2) is 0 Å². The second-order valence-corrected chi connectivity index (χ2v) is 7.89. The summed E-state index contributed by atoms with van der Waals surface area (Å²) in [4.78, 5) is 26.9. The quantitative estimate of drug-likeness (QED) is 0.857. The second-order valence-electron chi connectivity index (χ2n) is 7.89. The number of amides is 2. The molecule has 0 spiro atoms. The molecule has 5 heteroatoms. The number of fused-ring (bicyclic) bond motifs is 1. The molecule has 0 radical (unpaired) electrons. The highest BCUT2D eigenvalue weighted by atomic mass is 16.5. The van der Waals surface area contributed by atoms with Crippen LogP contribution in [0.1, 0.15) is 37.8 Å². The summed E-state index contributed by atoms with van der Waals surface area (Å²) >= 11 is 0. The summed E-state index contributed by atoms with van der Waals surface area (Å²) in [6.07, 6.45) is 3.72. The van der Waals surface area contributed by atoms with Crippen molar-refractivity contribution in [2.75, 3.05) is 16.8 Å². The molecular formula is C23H26N2O3. The van der Waals surface area contributed by atoms with E-state index in [0.717, 1.165) is 30.0 Å². The lowest BCUT2D eigenvalue weighted by atomic mass is 10.1. The Morgan fingerprint density at radius 3 is 2.61 bits per heavy atom. The van der Waals surface area contributed by atoms with Crippen LogP contribution in [0, 0.1) is 5.92 Å². The lowest BCUT2D eigenvalue weighted by molar-refractivity contribution is -0.122. The van der Waals surface area contributed by atoms with E-state index in [4.69, 9.17) is 4.74 Å². The first-order chi connectivity index (χ1) is 13.5. The number of anilines is 2. The van der Waals surface area contributed by atoms with Crippen molar-refractivity contribution in [2.45, 2.75) is 45.6 Å².